The normalized spacial score (nSPS) is 18.5. The average molecular weight is 258 g/mol. The Kier molecular flexibility index (Phi) is 4.06. The molecular weight excluding hydrogens is 240 g/mol. The Morgan fingerprint density at radius 1 is 1.42 bits per heavy atom. The Morgan fingerprint density at radius 3 is 2.84 bits per heavy atom. The lowest BCUT2D eigenvalue weighted by Gasteiger charge is -2.16. The monoisotopic (exact) mass is 258 g/mol. The molecule has 0 saturated carbocycles. The molecule has 1 saturated heterocycles. The van der Waals surface area contributed by atoms with Gasteiger partial charge in [0.25, 0.3) is 0 Å². The van der Waals surface area contributed by atoms with Crippen LogP contribution in [0.2, 0.25) is 0 Å². The van der Waals surface area contributed by atoms with Crippen molar-refractivity contribution in [2.24, 2.45) is 5.92 Å². The summed E-state index contributed by atoms with van der Waals surface area (Å²) in [5, 5.41) is 8.80. The molecule has 0 N–H and O–H groups in total. The number of hydrogen-bond donors (Lipinski definition) is 0. The second-order valence-electron chi connectivity index (χ2n) is 4.96. The highest BCUT2D eigenvalue weighted by atomic mass is 16.5. The first kappa shape index (κ1) is 13.4. The summed E-state index contributed by atoms with van der Waals surface area (Å²) in [6.07, 6.45) is 0.347. The van der Waals surface area contributed by atoms with E-state index in [2.05, 4.69) is 13.0 Å². The molecular formula is C15H18N2O2. The van der Waals surface area contributed by atoms with Crippen molar-refractivity contribution >= 4 is 5.91 Å². The minimum atomic E-state index is -0.158. The maximum atomic E-state index is 11.6. The molecule has 1 atom stereocenters. The van der Waals surface area contributed by atoms with Crippen molar-refractivity contribution in [1.29, 1.82) is 5.26 Å². The Balaban J connectivity index is 1.82. The van der Waals surface area contributed by atoms with Crippen molar-refractivity contribution in [3.05, 3.63) is 29.3 Å². The van der Waals surface area contributed by atoms with Gasteiger partial charge in [0.2, 0.25) is 5.91 Å². The summed E-state index contributed by atoms with van der Waals surface area (Å²) < 4.78 is 5.64. The Bertz CT molecular complexity index is 519. The Labute approximate surface area is 113 Å². The Hall–Kier alpha value is -2.02. The number of ether oxygens (including phenoxy) is 1. The molecule has 4 nitrogen and oxygen atoms in total. The van der Waals surface area contributed by atoms with E-state index in [0.29, 0.717) is 26.1 Å². The maximum Gasteiger partial charge on any atom is 0.224 e. The van der Waals surface area contributed by atoms with Gasteiger partial charge >= 0.3 is 0 Å². The number of benzene rings is 1. The van der Waals surface area contributed by atoms with Gasteiger partial charge in [0, 0.05) is 13.0 Å². The van der Waals surface area contributed by atoms with E-state index in [9.17, 15) is 4.79 Å². The molecule has 0 bridgehead atoms. The minimum absolute atomic E-state index is 0.0511. The first-order valence-corrected chi connectivity index (χ1v) is 6.47. The third-order valence-corrected chi connectivity index (χ3v) is 3.51. The number of rotatable bonds is 4. The van der Waals surface area contributed by atoms with Crippen LogP contribution in [-0.4, -0.2) is 30.5 Å². The summed E-state index contributed by atoms with van der Waals surface area (Å²) in [5.74, 6) is 0.718. The van der Waals surface area contributed by atoms with E-state index in [1.807, 2.05) is 25.1 Å². The van der Waals surface area contributed by atoms with Crippen LogP contribution in [-0.2, 0) is 4.79 Å². The molecule has 1 aliphatic heterocycles. The van der Waals surface area contributed by atoms with Crippen LogP contribution in [0.1, 0.15) is 17.5 Å². The maximum absolute atomic E-state index is 11.6. The number of carbonyl (C=O) groups excluding carboxylic acids is 1. The molecule has 1 fully saturated rings. The molecule has 0 aromatic heterocycles. The number of aryl methyl sites for hydroxylation is 2. The number of nitrogens with zero attached hydrogens (tertiary/aromatic N) is 2. The van der Waals surface area contributed by atoms with Crippen LogP contribution in [0, 0.1) is 31.1 Å². The summed E-state index contributed by atoms with van der Waals surface area (Å²) >= 11 is 0. The molecule has 1 aliphatic rings. The van der Waals surface area contributed by atoms with E-state index >= 15 is 0 Å². The molecule has 2 rings (SSSR count). The van der Waals surface area contributed by atoms with Gasteiger partial charge in [-0.15, -0.1) is 0 Å². The lowest BCUT2D eigenvalue weighted by Crippen LogP contribution is -2.29. The lowest BCUT2D eigenvalue weighted by molar-refractivity contribution is -0.128. The van der Waals surface area contributed by atoms with Crippen molar-refractivity contribution in [3.63, 3.8) is 0 Å². The molecule has 1 unspecified atom stereocenters. The molecule has 100 valence electrons. The molecule has 4 heteroatoms. The Morgan fingerprint density at radius 2 is 2.21 bits per heavy atom. The van der Waals surface area contributed by atoms with Crippen LogP contribution in [0.15, 0.2) is 18.2 Å². The van der Waals surface area contributed by atoms with Gasteiger partial charge in [-0.3, -0.25) is 4.79 Å². The fraction of sp³-hybridized carbons (Fsp3) is 0.467. The number of carbonyl (C=O) groups is 1. The standard InChI is InChI=1S/C15H18N2O2/c1-11-3-4-14(7-12(11)2)19-6-5-17-10-13(9-16)8-15(17)18/h3-4,7,13H,5-6,8,10H2,1-2H3. The third kappa shape index (κ3) is 3.25. The largest absolute Gasteiger partial charge is 0.492 e. The van der Waals surface area contributed by atoms with Crippen LogP contribution in [0.5, 0.6) is 5.75 Å². The lowest BCUT2D eigenvalue weighted by atomic mass is 10.1. The third-order valence-electron chi connectivity index (χ3n) is 3.51. The SMILES string of the molecule is Cc1ccc(OCCN2CC(C#N)CC2=O)cc1C. The molecule has 19 heavy (non-hydrogen) atoms. The van der Waals surface area contributed by atoms with E-state index in [-0.39, 0.29) is 11.8 Å². The number of hydrogen-bond acceptors (Lipinski definition) is 3. The van der Waals surface area contributed by atoms with E-state index in [1.54, 1.807) is 4.90 Å². The van der Waals surface area contributed by atoms with Crippen LogP contribution in [0.3, 0.4) is 0 Å². The molecule has 0 spiro atoms. The molecule has 0 aliphatic carbocycles. The zero-order valence-corrected chi connectivity index (χ0v) is 11.3. The van der Waals surface area contributed by atoms with Crippen molar-refractivity contribution in [1.82, 2.24) is 4.90 Å². The van der Waals surface area contributed by atoms with E-state index in [0.717, 1.165) is 5.75 Å². The topological polar surface area (TPSA) is 53.3 Å². The first-order valence-electron chi connectivity index (χ1n) is 6.47. The van der Waals surface area contributed by atoms with Crippen molar-refractivity contribution in [2.75, 3.05) is 19.7 Å². The van der Waals surface area contributed by atoms with Gasteiger partial charge in [-0.25, -0.2) is 0 Å². The van der Waals surface area contributed by atoms with Gasteiger partial charge in [0.05, 0.1) is 18.5 Å². The summed E-state index contributed by atoms with van der Waals surface area (Å²) in [5.41, 5.74) is 2.43. The van der Waals surface area contributed by atoms with Crippen molar-refractivity contribution in [2.45, 2.75) is 20.3 Å². The summed E-state index contributed by atoms with van der Waals surface area (Å²) in [7, 11) is 0. The van der Waals surface area contributed by atoms with E-state index < -0.39 is 0 Å². The van der Waals surface area contributed by atoms with Gasteiger partial charge in [-0.1, -0.05) is 6.07 Å². The van der Waals surface area contributed by atoms with Crippen LogP contribution in [0.25, 0.3) is 0 Å². The fourth-order valence-corrected chi connectivity index (χ4v) is 2.15. The number of likely N-dealkylation sites (tertiary alicyclic amines) is 1. The van der Waals surface area contributed by atoms with Gasteiger partial charge < -0.3 is 9.64 Å². The highest BCUT2D eigenvalue weighted by Gasteiger charge is 2.28. The molecule has 1 aromatic carbocycles. The summed E-state index contributed by atoms with van der Waals surface area (Å²) in [6.45, 7) is 5.65. The molecule has 1 amide bonds. The highest BCUT2D eigenvalue weighted by Crippen LogP contribution is 2.18. The van der Waals surface area contributed by atoms with Gasteiger partial charge in [-0.2, -0.15) is 5.26 Å². The van der Waals surface area contributed by atoms with E-state index in [1.165, 1.54) is 11.1 Å². The summed E-state index contributed by atoms with van der Waals surface area (Å²) in [6, 6.07) is 8.10. The highest BCUT2D eigenvalue weighted by molar-refractivity contribution is 5.79. The number of nitriles is 1. The zero-order chi connectivity index (χ0) is 13.8. The second kappa shape index (κ2) is 5.75. The van der Waals surface area contributed by atoms with Crippen LogP contribution < -0.4 is 4.74 Å². The van der Waals surface area contributed by atoms with Crippen LogP contribution >= 0.6 is 0 Å². The molecule has 1 heterocycles. The predicted molar refractivity (Wildman–Crippen MR) is 71.7 cm³/mol. The molecule has 0 radical (unpaired) electrons. The van der Waals surface area contributed by atoms with Crippen LogP contribution in [0.4, 0.5) is 0 Å². The van der Waals surface area contributed by atoms with Crippen molar-refractivity contribution in [3.8, 4) is 11.8 Å². The quantitative estimate of drug-likeness (QED) is 0.830. The van der Waals surface area contributed by atoms with Crippen molar-refractivity contribution < 1.29 is 9.53 Å². The average Bonchev–Trinajstić information content (AvgIpc) is 2.75. The van der Waals surface area contributed by atoms with Gasteiger partial charge in [-0.05, 0) is 37.1 Å². The summed E-state index contributed by atoms with van der Waals surface area (Å²) in [4.78, 5) is 13.3. The fourth-order valence-electron chi connectivity index (χ4n) is 2.15. The predicted octanol–water partition coefficient (Wildman–Crippen LogP) is 2.05. The van der Waals surface area contributed by atoms with Gasteiger partial charge in [0.15, 0.2) is 0 Å². The number of amides is 1. The van der Waals surface area contributed by atoms with Gasteiger partial charge in [0.1, 0.15) is 12.4 Å². The van der Waals surface area contributed by atoms with E-state index in [4.69, 9.17) is 10.00 Å². The smallest absolute Gasteiger partial charge is 0.224 e. The molecule has 1 aromatic rings. The minimum Gasteiger partial charge on any atom is -0.492 e. The zero-order valence-electron chi connectivity index (χ0n) is 11.3. The first-order chi connectivity index (χ1) is 9.10. The second-order valence-corrected chi connectivity index (χ2v) is 4.96.